The molecule has 3 unspecified atom stereocenters. The molecule has 2 N–H and O–H groups in total. The minimum Gasteiger partial charge on any atom is -0.382 e. The van der Waals surface area contributed by atoms with Crippen molar-refractivity contribution in [3.8, 4) is 0 Å². The Labute approximate surface area is 244 Å². The van der Waals surface area contributed by atoms with Gasteiger partial charge in [0.2, 0.25) is 5.91 Å². The van der Waals surface area contributed by atoms with Crippen LogP contribution in [-0.4, -0.2) is 65.2 Å². The second kappa shape index (κ2) is 12.1. The summed E-state index contributed by atoms with van der Waals surface area (Å²) in [6.45, 7) is 5.75. The first-order chi connectivity index (χ1) is 20.4. The molecule has 3 fully saturated rings. The fourth-order valence-electron chi connectivity index (χ4n) is 6.47. The molecule has 0 aliphatic carbocycles. The van der Waals surface area contributed by atoms with Crippen LogP contribution in [0.15, 0.2) is 54.9 Å². The number of nitrogens with one attached hydrogen (secondary N) is 2. The second-order valence-electron chi connectivity index (χ2n) is 11.5. The van der Waals surface area contributed by atoms with Crippen LogP contribution in [0.3, 0.4) is 0 Å². The zero-order chi connectivity index (χ0) is 29.2. The fraction of sp³-hybridized carbons (Fsp3) is 0.438. The maximum absolute atomic E-state index is 15.2. The van der Waals surface area contributed by atoms with Crippen molar-refractivity contribution >= 4 is 23.2 Å². The number of nitrogens with zero attached hydrogens (tertiary/aromatic N) is 3. The van der Waals surface area contributed by atoms with Crippen LogP contribution in [0.1, 0.15) is 52.6 Å². The zero-order valence-corrected chi connectivity index (χ0v) is 23.9. The van der Waals surface area contributed by atoms with Gasteiger partial charge in [0.05, 0.1) is 54.9 Å². The van der Waals surface area contributed by atoms with Crippen molar-refractivity contribution in [3.05, 3.63) is 83.2 Å². The number of halogens is 1. The minimum absolute atomic E-state index is 0.0268. The molecule has 10 heteroatoms. The van der Waals surface area contributed by atoms with Gasteiger partial charge in [0.1, 0.15) is 11.6 Å². The van der Waals surface area contributed by atoms with Crippen molar-refractivity contribution in [3.63, 3.8) is 0 Å². The number of fused-ring (bicyclic) bond motifs is 1. The van der Waals surface area contributed by atoms with Crippen LogP contribution >= 0.6 is 0 Å². The summed E-state index contributed by atoms with van der Waals surface area (Å²) in [7, 11) is 0. The first kappa shape index (κ1) is 28.2. The smallest absolute Gasteiger partial charge is 0.257 e. The lowest BCUT2D eigenvalue weighted by molar-refractivity contribution is -0.124. The van der Waals surface area contributed by atoms with E-state index in [1.807, 2.05) is 24.3 Å². The number of hydrogen-bond donors (Lipinski definition) is 2. The molecule has 42 heavy (non-hydrogen) atoms. The highest BCUT2D eigenvalue weighted by Gasteiger charge is 2.51. The van der Waals surface area contributed by atoms with E-state index >= 15 is 4.39 Å². The predicted molar refractivity (Wildman–Crippen MR) is 156 cm³/mol. The molecule has 3 aliphatic heterocycles. The van der Waals surface area contributed by atoms with Gasteiger partial charge in [-0.05, 0) is 62.4 Å². The summed E-state index contributed by atoms with van der Waals surface area (Å²) in [5.74, 6) is -1.33. The molecule has 4 atom stereocenters. The van der Waals surface area contributed by atoms with Crippen molar-refractivity contribution < 1.29 is 23.5 Å². The van der Waals surface area contributed by atoms with Crippen LogP contribution in [0.4, 0.5) is 15.8 Å². The first-order valence-electron chi connectivity index (χ1n) is 14.6. The Morgan fingerprint density at radius 2 is 1.69 bits per heavy atom. The Hall–Kier alpha value is -3.89. The lowest BCUT2D eigenvalue weighted by atomic mass is 9.76. The molecule has 220 valence electrons. The van der Waals surface area contributed by atoms with Crippen LogP contribution in [0.25, 0.3) is 0 Å². The van der Waals surface area contributed by atoms with Gasteiger partial charge in [0.15, 0.2) is 0 Å². The second-order valence-corrected chi connectivity index (χ2v) is 11.5. The normalized spacial score (nSPS) is 24.2. The lowest BCUT2D eigenvalue weighted by Crippen LogP contribution is -2.55. The molecular weight excluding hydrogens is 537 g/mol. The molecule has 1 aromatic heterocycles. The van der Waals surface area contributed by atoms with E-state index in [1.54, 1.807) is 43.3 Å². The molecule has 9 nitrogen and oxygen atoms in total. The number of likely N-dealkylation sites (tertiary alicyclic amines) is 1. The van der Waals surface area contributed by atoms with Gasteiger partial charge in [-0.15, -0.1) is 0 Å². The number of hydrogen-bond acceptors (Lipinski definition) is 7. The molecule has 2 amide bonds. The Kier molecular flexibility index (Phi) is 8.17. The van der Waals surface area contributed by atoms with Gasteiger partial charge in [0, 0.05) is 30.9 Å². The van der Waals surface area contributed by atoms with Crippen molar-refractivity contribution in [2.24, 2.45) is 11.8 Å². The highest BCUT2D eigenvalue weighted by Crippen LogP contribution is 2.45. The number of piperidine rings is 1. The number of aryl methyl sites for hydroxylation is 2. The molecule has 0 spiro atoms. The third kappa shape index (κ3) is 5.73. The Bertz CT molecular complexity index is 1410. The SMILES string of the molecule is Cc1ncc(NC(=O)C2CC3COCC3N(C(=O)c3c(C)cccc3F)[C@@H]2c2ccc(NC3CCOCC3)cc2)cn1. The molecule has 0 saturated carbocycles. The van der Waals surface area contributed by atoms with Crippen LogP contribution in [0.2, 0.25) is 0 Å². The monoisotopic (exact) mass is 573 g/mol. The fourth-order valence-corrected chi connectivity index (χ4v) is 6.47. The van der Waals surface area contributed by atoms with E-state index in [1.165, 1.54) is 6.07 Å². The average Bonchev–Trinajstić information content (AvgIpc) is 3.47. The van der Waals surface area contributed by atoms with E-state index < -0.39 is 23.7 Å². The largest absolute Gasteiger partial charge is 0.382 e. The maximum atomic E-state index is 15.2. The Balaban J connectivity index is 1.38. The summed E-state index contributed by atoms with van der Waals surface area (Å²) in [4.78, 5) is 38.4. The molecule has 2 aromatic carbocycles. The van der Waals surface area contributed by atoms with E-state index in [0.29, 0.717) is 42.8 Å². The third-order valence-corrected chi connectivity index (χ3v) is 8.66. The highest BCUT2D eigenvalue weighted by molar-refractivity contribution is 5.98. The van der Waals surface area contributed by atoms with Gasteiger partial charge in [-0.1, -0.05) is 24.3 Å². The zero-order valence-electron chi connectivity index (χ0n) is 23.9. The van der Waals surface area contributed by atoms with Crippen LogP contribution in [0, 0.1) is 31.5 Å². The van der Waals surface area contributed by atoms with Gasteiger partial charge < -0.3 is 25.0 Å². The van der Waals surface area contributed by atoms with Crippen molar-refractivity contribution in [2.45, 2.75) is 51.2 Å². The standard InChI is InChI=1S/C32H36FN5O4/c1-19-4-3-5-27(33)29(19)32(40)38-28-18-42-17-22(28)14-26(31(39)37-25-15-34-20(2)35-16-25)30(38)21-6-8-23(9-7-21)36-24-10-12-41-13-11-24/h3-9,15-16,22,24,26,28,30,36H,10-14,17-18H2,1-2H3,(H,37,39)/t22?,26?,28?,30-/m1/s1. The molecule has 3 saturated heterocycles. The van der Waals surface area contributed by atoms with Crippen LogP contribution in [0.5, 0.6) is 0 Å². The van der Waals surface area contributed by atoms with Gasteiger partial charge in [0.25, 0.3) is 5.91 Å². The van der Waals surface area contributed by atoms with Crippen molar-refractivity contribution in [1.29, 1.82) is 0 Å². The lowest BCUT2D eigenvalue weighted by Gasteiger charge is -2.47. The maximum Gasteiger partial charge on any atom is 0.257 e. The number of benzene rings is 2. The molecule has 3 aromatic rings. The molecule has 0 bridgehead atoms. The number of aromatic nitrogens is 2. The minimum atomic E-state index is -0.636. The topological polar surface area (TPSA) is 106 Å². The van der Waals surface area contributed by atoms with Gasteiger partial charge >= 0.3 is 0 Å². The Morgan fingerprint density at radius 1 is 0.952 bits per heavy atom. The number of ether oxygens (including phenoxy) is 2. The molecule has 4 heterocycles. The van der Waals surface area contributed by atoms with E-state index in [4.69, 9.17) is 9.47 Å². The summed E-state index contributed by atoms with van der Waals surface area (Å²) < 4.78 is 26.5. The molecule has 0 radical (unpaired) electrons. The van der Waals surface area contributed by atoms with E-state index in [2.05, 4.69) is 20.6 Å². The third-order valence-electron chi connectivity index (χ3n) is 8.66. The number of carbonyl (C=O) groups excluding carboxylic acids is 2. The highest BCUT2D eigenvalue weighted by atomic mass is 19.1. The predicted octanol–water partition coefficient (Wildman–Crippen LogP) is 4.68. The molecule has 6 rings (SSSR count). The summed E-state index contributed by atoms with van der Waals surface area (Å²) >= 11 is 0. The average molecular weight is 574 g/mol. The Morgan fingerprint density at radius 3 is 2.40 bits per heavy atom. The van der Waals surface area contributed by atoms with E-state index in [0.717, 1.165) is 37.3 Å². The number of carbonyl (C=O) groups is 2. The van der Waals surface area contributed by atoms with Gasteiger partial charge in [-0.25, -0.2) is 14.4 Å². The number of amides is 2. The van der Waals surface area contributed by atoms with Crippen molar-refractivity contribution in [2.75, 3.05) is 37.1 Å². The van der Waals surface area contributed by atoms with Crippen LogP contribution in [-0.2, 0) is 14.3 Å². The summed E-state index contributed by atoms with van der Waals surface area (Å²) in [5, 5.41) is 6.54. The summed E-state index contributed by atoms with van der Waals surface area (Å²) in [6.07, 6.45) is 5.53. The molecule has 3 aliphatic rings. The van der Waals surface area contributed by atoms with Gasteiger partial charge in [-0.2, -0.15) is 0 Å². The quantitative estimate of drug-likeness (QED) is 0.441. The summed E-state index contributed by atoms with van der Waals surface area (Å²) in [5.41, 5.74) is 2.82. The molecular formula is C32H36FN5O4. The summed E-state index contributed by atoms with van der Waals surface area (Å²) in [6, 6.07) is 11.9. The van der Waals surface area contributed by atoms with Crippen molar-refractivity contribution in [1.82, 2.24) is 14.9 Å². The number of anilines is 2. The van der Waals surface area contributed by atoms with Gasteiger partial charge in [-0.3, -0.25) is 9.59 Å². The van der Waals surface area contributed by atoms with E-state index in [9.17, 15) is 9.59 Å². The van der Waals surface area contributed by atoms with Crippen LogP contribution < -0.4 is 10.6 Å². The first-order valence-corrected chi connectivity index (χ1v) is 14.6. The van der Waals surface area contributed by atoms with E-state index in [-0.39, 0.29) is 23.4 Å². The number of rotatable bonds is 6.